The molecule has 0 heterocycles. The summed E-state index contributed by atoms with van der Waals surface area (Å²) in [6.07, 6.45) is 1.10. The average Bonchev–Trinajstić information content (AvgIpc) is 2.34. The molecule has 1 aromatic carbocycles. The van der Waals surface area contributed by atoms with Crippen molar-refractivity contribution in [3.8, 4) is 0 Å². The number of carbonyl (C=O) groups is 1. The normalized spacial score (nSPS) is 12.5. The molecule has 0 spiro atoms. The number of rotatable bonds is 7. The van der Waals surface area contributed by atoms with E-state index in [4.69, 9.17) is 23.2 Å². The summed E-state index contributed by atoms with van der Waals surface area (Å²) in [6, 6.07) is 5.25. The van der Waals surface area contributed by atoms with Crippen molar-refractivity contribution in [2.45, 2.75) is 39.2 Å². The third-order valence-electron chi connectivity index (χ3n) is 2.91. The largest absolute Gasteiger partial charge is 0.391 e. The van der Waals surface area contributed by atoms with Crippen molar-refractivity contribution in [3.05, 3.63) is 33.8 Å². The van der Waals surface area contributed by atoms with E-state index in [9.17, 15) is 9.90 Å². The van der Waals surface area contributed by atoms with Gasteiger partial charge in [0.2, 0.25) is 5.91 Å². The first kappa shape index (κ1) is 17.3. The summed E-state index contributed by atoms with van der Waals surface area (Å²) in [5.74, 6) is 0.327. The van der Waals surface area contributed by atoms with E-state index < -0.39 is 6.10 Å². The van der Waals surface area contributed by atoms with Crippen LogP contribution in [-0.4, -0.2) is 23.7 Å². The minimum absolute atomic E-state index is 0.0844. The number of aliphatic hydroxyl groups is 1. The number of benzene rings is 1. The highest BCUT2D eigenvalue weighted by Crippen LogP contribution is 2.21. The molecule has 0 saturated heterocycles. The smallest absolute Gasteiger partial charge is 0.220 e. The van der Waals surface area contributed by atoms with Crippen LogP contribution in [0.5, 0.6) is 0 Å². The van der Waals surface area contributed by atoms with Gasteiger partial charge in [-0.05, 0) is 36.5 Å². The Labute approximate surface area is 130 Å². The van der Waals surface area contributed by atoms with Crippen LogP contribution < -0.4 is 5.32 Å². The summed E-state index contributed by atoms with van der Waals surface area (Å²) in [4.78, 5) is 11.7. The van der Waals surface area contributed by atoms with Gasteiger partial charge in [-0.1, -0.05) is 43.1 Å². The second-order valence-electron chi connectivity index (χ2n) is 5.32. The molecule has 1 rings (SSSR count). The molecule has 0 radical (unpaired) electrons. The van der Waals surface area contributed by atoms with Gasteiger partial charge < -0.3 is 10.4 Å². The summed E-state index contributed by atoms with van der Waals surface area (Å²) in [7, 11) is 0. The molecule has 1 aromatic rings. The van der Waals surface area contributed by atoms with Crippen LogP contribution in [0.4, 0.5) is 0 Å². The lowest BCUT2D eigenvalue weighted by atomic mass is 10.1. The number of aryl methyl sites for hydroxylation is 1. The first-order chi connectivity index (χ1) is 9.38. The van der Waals surface area contributed by atoms with E-state index in [1.165, 1.54) is 0 Å². The Morgan fingerprint density at radius 1 is 1.35 bits per heavy atom. The molecule has 2 N–H and O–H groups in total. The van der Waals surface area contributed by atoms with E-state index in [1.54, 1.807) is 12.1 Å². The van der Waals surface area contributed by atoms with Gasteiger partial charge in [-0.2, -0.15) is 0 Å². The van der Waals surface area contributed by atoms with Gasteiger partial charge in [0.25, 0.3) is 0 Å². The van der Waals surface area contributed by atoms with E-state index in [0.717, 1.165) is 5.56 Å². The Balaban J connectivity index is 2.33. The van der Waals surface area contributed by atoms with E-state index in [-0.39, 0.29) is 5.91 Å². The molecule has 0 saturated carbocycles. The van der Waals surface area contributed by atoms with Gasteiger partial charge in [-0.3, -0.25) is 4.79 Å². The fourth-order valence-electron chi connectivity index (χ4n) is 1.92. The Kier molecular flexibility index (Phi) is 7.35. The number of hydrogen-bond acceptors (Lipinski definition) is 2. The number of halogens is 2. The van der Waals surface area contributed by atoms with Crippen molar-refractivity contribution in [2.75, 3.05) is 6.54 Å². The fraction of sp³-hybridized carbons (Fsp3) is 0.533. The molecule has 5 heteroatoms. The first-order valence-corrected chi connectivity index (χ1v) is 7.52. The Morgan fingerprint density at radius 3 is 2.65 bits per heavy atom. The third-order valence-corrected chi connectivity index (χ3v) is 3.50. The van der Waals surface area contributed by atoms with Gasteiger partial charge in [0.15, 0.2) is 0 Å². The van der Waals surface area contributed by atoms with Gasteiger partial charge in [-0.15, -0.1) is 0 Å². The summed E-state index contributed by atoms with van der Waals surface area (Å²) in [5, 5.41) is 13.6. The van der Waals surface area contributed by atoms with Crippen molar-refractivity contribution >= 4 is 29.1 Å². The predicted molar refractivity (Wildman–Crippen MR) is 83.3 cm³/mol. The minimum atomic E-state index is -0.488. The van der Waals surface area contributed by atoms with Gasteiger partial charge >= 0.3 is 0 Å². The fourth-order valence-corrected chi connectivity index (χ4v) is 2.42. The maximum Gasteiger partial charge on any atom is 0.220 e. The van der Waals surface area contributed by atoms with Crippen molar-refractivity contribution in [1.82, 2.24) is 5.32 Å². The molecule has 0 aliphatic heterocycles. The highest BCUT2D eigenvalue weighted by atomic mass is 35.5. The molecule has 0 fully saturated rings. The highest BCUT2D eigenvalue weighted by molar-refractivity contribution is 6.35. The van der Waals surface area contributed by atoms with Crippen LogP contribution in [0.2, 0.25) is 10.0 Å². The SMILES string of the molecule is CC(C)CC(O)CNC(=O)CCc1ccc(Cl)cc1Cl. The molecular weight excluding hydrogens is 297 g/mol. The third kappa shape index (κ3) is 6.60. The first-order valence-electron chi connectivity index (χ1n) is 6.77. The monoisotopic (exact) mass is 317 g/mol. The van der Waals surface area contributed by atoms with E-state index in [2.05, 4.69) is 5.32 Å². The molecule has 1 unspecified atom stereocenters. The Hall–Kier alpha value is -0.770. The van der Waals surface area contributed by atoms with Crippen LogP contribution in [0.3, 0.4) is 0 Å². The second-order valence-corrected chi connectivity index (χ2v) is 6.17. The molecule has 0 aromatic heterocycles. The number of carbonyl (C=O) groups excluding carboxylic acids is 1. The predicted octanol–water partition coefficient (Wildman–Crippen LogP) is 3.45. The zero-order valence-corrected chi connectivity index (χ0v) is 13.3. The quantitative estimate of drug-likeness (QED) is 0.809. The van der Waals surface area contributed by atoms with Crippen molar-refractivity contribution in [1.29, 1.82) is 0 Å². The Bertz CT molecular complexity index is 449. The van der Waals surface area contributed by atoms with Gasteiger partial charge in [0, 0.05) is 23.0 Å². The lowest BCUT2D eigenvalue weighted by Crippen LogP contribution is -2.32. The molecule has 0 aliphatic carbocycles. The summed E-state index contributed by atoms with van der Waals surface area (Å²) in [5.41, 5.74) is 0.897. The molecule has 1 amide bonds. The van der Waals surface area contributed by atoms with Crippen molar-refractivity contribution in [2.24, 2.45) is 5.92 Å². The van der Waals surface area contributed by atoms with E-state index >= 15 is 0 Å². The van der Waals surface area contributed by atoms with Crippen LogP contribution >= 0.6 is 23.2 Å². The van der Waals surface area contributed by atoms with Gasteiger partial charge in [-0.25, -0.2) is 0 Å². The van der Waals surface area contributed by atoms with Gasteiger partial charge in [0.05, 0.1) is 6.10 Å². The summed E-state index contributed by atoms with van der Waals surface area (Å²) in [6.45, 7) is 4.37. The Morgan fingerprint density at radius 2 is 2.05 bits per heavy atom. The van der Waals surface area contributed by atoms with Crippen LogP contribution in [0.1, 0.15) is 32.3 Å². The highest BCUT2D eigenvalue weighted by Gasteiger charge is 2.10. The lowest BCUT2D eigenvalue weighted by Gasteiger charge is -2.14. The second kappa shape index (κ2) is 8.50. The molecule has 1 atom stereocenters. The molecule has 0 aliphatic rings. The van der Waals surface area contributed by atoms with Crippen LogP contribution in [0.15, 0.2) is 18.2 Å². The van der Waals surface area contributed by atoms with Crippen LogP contribution in [-0.2, 0) is 11.2 Å². The van der Waals surface area contributed by atoms with E-state index in [0.29, 0.717) is 41.8 Å². The number of aliphatic hydroxyl groups excluding tert-OH is 1. The standard InChI is InChI=1S/C15H21Cl2NO2/c1-10(2)7-13(19)9-18-15(20)6-4-11-3-5-12(16)8-14(11)17/h3,5,8,10,13,19H,4,6-7,9H2,1-2H3,(H,18,20). The minimum Gasteiger partial charge on any atom is -0.391 e. The van der Waals surface area contributed by atoms with Crippen molar-refractivity contribution in [3.63, 3.8) is 0 Å². The maximum absolute atomic E-state index is 11.7. The summed E-state index contributed by atoms with van der Waals surface area (Å²) < 4.78 is 0. The van der Waals surface area contributed by atoms with Crippen molar-refractivity contribution < 1.29 is 9.90 Å². The molecule has 0 bridgehead atoms. The molecule has 20 heavy (non-hydrogen) atoms. The van der Waals surface area contributed by atoms with Gasteiger partial charge in [0.1, 0.15) is 0 Å². The molecule has 3 nitrogen and oxygen atoms in total. The molecule has 112 valence electrons. The zero-order chi connectivity index (χ0) is 15.1. The molecular formula is C15H21Cl2NO2. The summed E-state index contributed by atoms with van der Waals surface area (Å²) >= 11 is 11.9. The topological polar surface area (TPSA) is 49.3 Å². The number of nitrogens with one attached hydrogen (secondary N) is 1. The van der Waals surface area contributed by atoms with Crippen LogP contribution in [0.25, 0.3) is 0 Å². The lowest BCUT2D eigenvalue weighted by molar-refractivity contribution is -0.121. The maximum atomic E-state index is 11.7. The van der Waals surface area contributed by atoms with E-state index in [1.807, 2.05) is 19.9 Å². The number of amides is 1. The average molecular weight is 318 g/mol. The number of hydrogen-bond donors (Lipinski definition) is 2. The van der Waals surface area contributed by atoms with Crippen LogP contribution in [0, 0.1) is 5.92 Å². The zero-order valence-electron chi connectivity index (χ0n) is 11.8.